The Balaban J connectivity index is 2.46. The number of esters is 1. The second-order valence-electron chi connectivity index (χ2n) is 4.13. The topological polar surface area (TPSA) is 46.6 Å². The van der Waals surface area contributed by atoms with Crippen molar-refractivity contribution in [3.05, 3.63) is 11.6 Å². The summed E-state index contributed by atoms with van der Waals surface area (Å²) in [7, 11) is 2.93. The van der Waals surface area contributed by atoms with E-state index in [1.165, 1.54) is 36.8 Å². The third-order valence-corrected chi connectivity index (χ3v) is 2.79. The van der Waals surface area contributed by atoms with Gasteiger partial charge in [-0.3, -0.25) is 9.59 Å². The highest BCUT2D eigenvalue weighted by molar-refractivity contribution is 5.90. The molecule has 0 unspecified atom stereocenters. The summed E-state index contributed by atoms with van der Waals surface area (Å²) in [6.07, 6.45) is 7.28. The Morgan fingerprint density at radius 2 is 1.94 bits per heavy atom. The van der Waals surface area contributed by atoms with Gasteiger partial charge < -0.3 is 9.64 Å². The molecule has 1 aliphatic carbocycles. The van der Waals surface area contributed by atoms with Crippen molar-refractivity contribution in [2.45, 2.75) is 32.1 Å². The lowest BCUT2D eigenvalue weighted by Gasteiger charge is -2.16. The van der Waals surface area contributed by atoms with Crippen LogP contribution >= 0.6 is 0 Å². The largest absolute Gasteiger partial charge is 0.468 e. The first-order valence-corrected chi connectivity index (χ1v) is 5.65. The Kier molecular flexibility index (Phi) is 5.02. The summed E-state index contributed by atoms with van der Waals surface area (Å²) < 4.78 is 4.51. The Morgan fingerprint density at radius 3 is 2.50 bits per heavy atom. The Morgan fingerprint density at radius 1 is 1.31 bits per heavy atom. The molecule has 0 N–H and O–H groups in total. The summed E-state index contributed by atoms with van der Waals surface area (Å²) in [6, 6.07) is 0. The molecular formula is C12H19NO3. The van der Waals surface area contributed by atoms with Gasteiger partial charge in [0.2, 0.25) is 5.91 Å². The SMILES string of the molecule is COC(=O)CN(C)C(=O)C=C1CCCCC1. The van der Waals surface area contributed by atoms with Crippen molar-refractivity contribution in [3.63, 3.8) is 0 Å². The van der Waals surface area contributed by atoms with Crippen LogP contribution in [0.2, 0.25) is 0 Å². The molecule has 0 heterocycles. The monoisotopic (exact) mass is 225 g/mol. The first kappa shape index (κ1) is 12.7. The highest BCUT2D eigenvalue weighted by Gasteiger charge is 2.13. The lowest BCUT2D eigenvalue weighted by atomic mass is 9.94. The van der Waals surface area contributed by atoms with Crippen LogP contribution in [0.5, 0.6) is 0 Å². The van der Waals surface area contributed by atoms with E-state index >= 15 is 0 Å². The van der Waals surface area contributed by atoms with E-state index in [9.17, 15) is 9.59 Å². The zero-order valence-electron chi connectivity index (χ0n) is 9.99. The molecular weight excluding hydrogens is 206 g/mol. The van der Waals surface area contributed by atoms with Crippen molar-refractivity contribution in [2.75, 3.05) is 20.7 Å². The minimum absolute atomic E-state index is 0.0130. The van der Waals surface area contributed by atoms with E-state index < -0.39 is 5.97 Å². The minimum atomic E-state index is -0.391. The number of ether oxygens (including phenoxy) is 1. The van der Waals surface area contributed by atoms with Crippen molar-refractivity contribution in [1.82, 2.24) is 4.90 Å². The van der Waals surface area contributed by atoms with Crippen LogP contribution < -0.4 is 0 Å². The molecule has 0 spiro atoms. The zero-order valence-corrected chi connectivity index (χ0v) is 9.99. The van der Waals surface area contributed by atoms with Crippen molar-refractivity contribution >= 4 is 11.9 Å². The van der Waals surface area contributed by atoms with Gasteiger partial charge in [0.1, 0.15) is 6.54 Å². The number of rotatable bonds is 3. The number of allylic oxidation sites excluding steroid dienone is 1. The van der Waals surface area contributed by atoms with Crippen molar-refractivity contribution in [2.24, 2.45) is 0 Å². The van der Waals surface area contributed by atoms with E-state index in [2.05, 4.69) is 4.74 Å². The summed E-state index contributed by atoms with van der Waals surface area (Å²) in [5.74, 6) is -0.500. The molecule has 0 saturated heterocycles. The van der Waals surface area contributed by atoms with E-state index in [0.717, 1.165) is 12.8 Å². The van der Waals surface area contributed by atoms with Gasteiger partial charge in [-0.25, -0.2) is 0 Å². The minimum Gasteiger partial charge on any atom is -0.468 e. The standard InChI is InChI=1S/C12H19NO3/c1-13(9-12(15)16-2)11(14)8-10-6-4-3-5-7-10/h8H,3-7,9H2,1-2H3. The number of carbonyl (C=O) groups is 2. The third kappa shape index (κ3) is 4.04. The molecule has 0 bridgehead atoms. The van der Waals surface area contributed by atoms with Gasteiger partial charge in [-0.05, 0) is 25.7 Å². The van der Waals surface area contributed by atoms with Crippen molar-refractivity contribution in [1.29, 1.82) is 0 Å². The second-order valence-corrected chi connectivity index (χ2v) is 4.13. The summed E-state index contributed by atoms with van der Waals surface area (Å²) in [5.41, 5.74) is 1.20. The van der Waals surface area contributed by atoms with Gasteiger partial charge in [-0.15, -0.1) is 0 Å². The summed E-state index contributed by atoms with van der Waals surface area (Å²) in [6.45, 7) is 0.0130. The van der Waals surface area contributed by atoms with E-state index in [-0.39, 0.29) is 12.5 Å². The maximum Gasteiger partial charge on any atom is 0.325 e. The number of hydrogen-bond donors (Lipinski definition) is 0. The number of methoxy groups -OCH3 is 1. The quantitative estimate of drug-likeness (QED) is 0.540. The van der Waals surface area contributed by atoms with E-state index in [4.69, 9.17) is 0 Å². The summed E-state index contributed by atoms with van der Waals surface area (Å²) in [4.78, 5) is 24.1. The molecule has 90 valence electrons. The van der Waals surface area contributed by atoms with E-state index in [1.54, 1.807) is 13.1 Å². The van der Waals surface area contributed by atoms with Gasteiger partial charge >= 0.3 is 5.97 Å². The predicted molar refractivity (Wildman–Crippen MR) is 60.8 cm³/mol. The molecule has 4 heteroatoms. The van der Waals surface area contributed by atoms with Crippen LogP contribution in [0.3, 0.4) is 0 Å². The predicted octanol–water partition coefficient (Wildman–Crippen LogP) is 1.51. The van der Waals surface area contributed by atoms with Gasteiger partial charge in [0.05, 0.1) is 7.11 Å². The first-order valence-electron chi connectivity index (χ1n) is 5.65. The van der Waals surface area contributed by atoms with Crippen LogP contribution in [-0.2, 0) is 14.3 Å². The van der Waals surface area contributed by atoms with Crippen LogP contribution in [0.15, 0.2) is 11.6 Å². The fraction of sp³-hybridized carbons (Fsp3) is 0.667. The summed E-state index contributed by atoms with van der Waals surface area (Å²) in [5, 5.41) is 0. The molecule has 0 atom stereocenters. The summed E-state index contributed by atoms with van der Waals surface area (Å²) >= 11 is 0. The van der Waals surface area contributed by atoms with E-state index in [1.807, 2.05) is 0 Å². The van der Waals surface area contributed by atoms with Crippen molar-refractivity contribution in [3.8, 4) is 0 Å². The normalized spacial score (nSPS) is 15.5. The van der Waals surface area contributed by atoms with Gasteiger partial charge in [0.15, 0.2) is 0 Å². The number of nitrogens with zero attached hydrogens (tertiary/aromatic N) is 1. The maximum atomic E-state index is 11.7. The fourth-order valence-corrected chi connectivity index (χ4v) is 1.77. The molecule has 0 aliphatic heterocycles. The number of amides is 1. The van der Waals surface area contributed by atoms with Gasteiger partial charge in [0, 0.05) is 13.1 Å². The molecule has 0 aromatic rings. The molecule has 1 fully saturated rings. The highest BCUT2D eigenvalue weighted by atomic mass is 16.5. The Labute approximate surface area is 96.3 Å². The maximum absolute atomic E-state index is 11.7. The second kappa shape index (κ2) is 6.30. The zero-order chi connectivity index (χ0) is 12.0. The van der Waals surface area contributed by atoms with Crippen LogP contribution in [-0.4, -0.2) is 37.5 Å². The molecule has 1 amide bonds. The van der Waals surface area contributed by atoms with Gasteiger partial charge in [-0.2, -0.15) is 0 Å². The lowest BCUT2D eigenvalue weighted by molar-refractivity contribution is -0.144. The third-order valence-electron chi connectivity index (χ3n) is 2.79. The van der Waals surface area contributed by atoms with Crippen LogP contribution in [0.4, 0.5) is 0 Å². The average Bonchev–Trinajstić information content (AvgIpc) is 2.30. The molecule has 1 aliphatic rings. The van der Waals surface area contributed by atoms with Gasteiger partial charge in [-0.1, -0.05) is 12.0 Å². The first-order chi connectivity index (χ1) is 7.63. The molecule has 1 rings (SSSR count). The number of hydrogen-bond acceptors (Lipinski definition) is 3. The van der Waals surface area contributed by atoms with E-state index in [0.29, 0.717) is 0 Å². The Hall–Kier alpha value is -1.32. The van der Waals surface area contributed by atoms with Crippen LogP contribution in [0.1, 0.15) is 32.1 Å². The molecule has 0 aromatic carbocycles. The molecule has 0 aromatic heterocycles. The lowest BCUT2D eigenvalue weighted by Crippen LogP contribution is -2.31. The van der Waals surface area contributed by atoms with Crippen LogP contribution in [0.25, 0.3) is 0 Å². The average molecular weight is 225 g/mol. The molecule has 1 saturated carbocycles. The molecule has 16 heavy (non-hydrogen) atoms. The highest BCUT2D eigenvalue weighted by Crippen LogP contribution is 2.22. The Bertz CT molecular complexity index is 289. The molecule has 4 nitrogen and oxygen atoms in total. The van der Waals surface area contributed by atoms with Gasteiger partial charge in [0.25, 0.3) is 0 Å². The van der Waals surface area contributed by atoms with Crippen molar-refractivity contribution < 1.29 is 14.3 Å². The number of carbonyl (C=O) groups excluding carboxylic acids is 2. The fourth-order valence-electron chi connectivity index (χ4n) is 1.77. The number of likely N-dealkylation sites (N-methyl/N-ethyl adjacent to an activating group) is 1. The molecule has 0 radical (unpaired) electrons. The van der Waals surface area contributed by atoms with Crippen LogP contribution in [0, 0.1) is 0 Å². The smallest absolute Gasteiger partial charge is 0.325 e.